The molecule has 4 aromatic carbocycles. The van der Waals surface area contributed by atoms with Gasteiger partial charge in [0.05, 0.1) is 24.8 Å². The maximum absolute atomic E-state index is 14.6. The van der Waals surface area contributed by atoms with Crippen LogP contribution in [0.5, 0.6) is 11.5 Å². The van der Waals surface area contributed by atoms with Crippen molar-refractivity contribution in [2.75, 3.05) is 25.1 Å². The number of carbonyl (C=O) groups excluding carboxylic acids is 2. The lowest BCUT2D eigenvalue weighted by molar-refractivity contribution is -0.140. The summed E-state index contributed by atoms with van der Waals surface area (Å²) in [4.78, 5) is 29.9. The number of hydrogen-bond acceptors (Lipinski definition) is 6. The van der Waals surface area contributed by atoms with Crippen LogP contribution in [0.1, 0.15) is 37.0 Å². The second-order valence-corrected chi connectivity index (χ2v) is 13.3. The number of rotatable bonds is 15. The van der Waals surface area contributed by atoms with E-state index in [9.17, 15) is 18.0 Å². The van der Waals surface area contributed by atoms with E-state index in [2.05, 4.69) is 5.32 Å². The molecule has 9 nitrogen and oxygen atoms in total. The van der Waals surface area contributed by atoms with Crippen LogP contribution in [-0.4, -0.2) is 58.0 Å². The van der Waals surface area contributed by atoms with E-state index in [0.29, 0.717) is 17.9 Å². The number of amides is 2. The highest BCUT2D eigenvalue weighted by Crippen LogP contribution is 2.32. The molecular formula is C37H43N3O6S. The van der Waals surface area contributed by atoms with Gasteiger partial charge in [-0.05, 0) is 55.7 Å². The van der Waals surface area contributed by atoms with Gasteiger partial charge in [-0.25, -0.2) is 8.42 Å². The number of carbonyl (C=O) groups is 2. The Morgan fingerprint density at radius 3 is 1.98 bits per heavy atom. The van der Waals surface area contributed by atoms with Crippen molar-refractivity contribution < 1.29 is 27.5 Å². The molecule has 0 saturated carbocycles. The Hall–Kier alpha value is -4.83. The third kappa shape index (κ3) is 8.92. The summed E-state index contributed by atoms with van der Waals surface area (Å²) in [6.07, 6.45) is 0.954. The summed E-state index contributed by atoms with van der Waals surface area (Å²) >= 11 is 0. The molecule has 248 valence electrons. The lowest BCUT2D eigenvalue weighted by atomic mass is 10.0. The van der Waals surface area contributed by atoms with Gasteiger partial charge in [-0.3, -0.25) is 13.9 Å². The monoisotopic (exact) mass is 657 g/mol. The number of methoxy groups -OCH3 is 2. The zero-order chi connectivity index (χ0) is 34.0. The number of benzene rings is 4. The Morgan fingerprint density at radius 2 is 1.40 bits per heavy atom. The standard InChI is InChI=1S/C37H43N3O6S/c1-6-28(3)38-37(42)33(23-29-13-9-7-10-14-29)39(25-30-15-11-8-12-16-30)36(41)26-40(31-19-17-27(2)18-20-31)47(43,44)32-21-22-34(45-4)35(24-32)46-5/h7-22,24,28,33H,6,23,25-26H2,1-5H3,(H,38,42)/t28-,33-/m1/s1. The highest BCUT2D eigenvalue weighted by molar-refractivity contribution is 7.92. The van der Waals surface area contributed by atoms with Gasteiger partial charge >= 0.3 is 0 Å². The first kappa shape index (κ1) is 35.0. The smallest absolute Gasteiger partial charge is 0.264 e. The Bertz CT molecular complexity index is 1730. The Morgan fingerprint density at radius 1 is 0.809 bits per heavy atom. The van der Waals surface area contributed by atoms with Gasteiger partial charge in [-0.15, -0.1) is 0 Å². The van der Waals surface area contributed by atoms with Crippen molar-refractivity contribution in [1.82, 2.24) is 10.2 Å². The predicted octanol–water partition coefficient (Wildman–Crippen LogP) is 5.76. The average Bonchev–Trinajstić information content (AvgIpc) is 3.09. The first-order chi connectivity index (χ1) is 22.6. The molecule has 2 atom stereocenters. The van der Waals surface area contributed by atoms with Gasteiger partial charge in [0, 0.05) is 25.1 Å². The summed E-state index contributed by atoms with van der Waals surface area (Å²) in [6.45, 7) is 5.34. The fourth-order valence-electron chi connectivity index (χ4n) is 5.12. The quantitative estimate of drug-likeness (QED) is 0.174. The van der Waals surface area contributed by atoms with Gasteiger partial charge in [0.25, 0.3) is 10.0 Å². The fraction of sp³-hybridized carbons (Fsp3) is 0.297. The first-order valence-corrected chi connectivity index (χ1v) is 17.0. The molecule has 47 heavy (non-hydrogen) atoms. The van der Waals surface area contributed by atoms with Gasteiger partial charge in [0.1, 0.15) is 12.6 Å². The number of anilines is 1. The number of aryl methyl sites for hydroxylation is 1. The van der Waals surface area contributed by atoms with Crippen LogP contribution in [0.2, 0.25) is 0 Å². The van der Waals surface area contributed by atoms with Crippen molar-refractivity contribution >= 4 is 27.5 Å². The topological polar surface area (TPSA) is 105 Å². The van der Waals surface area contributed by atoms with E-state index in [4.69, 9.17) is 9.47 Å². The summed E-state index contributed by atoms with van der Waals surface area (Å²) in [5.41, 5.74) is 2.91. The van der Waals surface area contributed by atoms with Crippen LogP contribution in [0.4, 0.5) is 5.69 Å². The highest BCUT2D eigenvalue weighted by Gasteiger charge is 2.35. The zero-order valence-electron chi connectivity index (χ0n) is 27.6. The molecule has 0 heterocycles. The molecule has 4 rings (SSSR count). The van der Waals surface area contributed by atoms with E-state index in [1.807, 2.05) is 81.4 Å². The van der Waals surface area contributed by atoms with Crippen molar-refractivity contribution in [3.63, 3.8) is 0 Å². The molecule has 1 N–H and O–H groups in total. The van der Waals surface area contributed by atoms with Crippen LogP contribution in [0, 0.1) is 6.92 Å². The minimum Gasteiger partial charge on any atom is -0.493 e. The number of nitrogens with one attached hydrogen (secondary N) is 1. The maximum Gasteiger partial charge on any atom is 0.264 e. The molecule has 0 fully saturated rings. The molecule has 2 amide bonds. The van der Waals surface area contributed by atoms with Gasteiger partial charge < -0.3 is 19.7 Å². The number of nitrogens with zero attached hydrogens (tertiary/aromatic N) is 2. The lowest BCUT2D eigenvalue weighted by Crippen LogP contribution is -2.54. The SMILES string of the molecule is CC[C@@H](C)NC(=O)[C@@H](Cc1ccccc1)N(Cc1ccccc1)C(=O)CN(c1ccc(C)cc1)S(=O)(=O)c1ccc(OC)c(OC)c1. The largest absolute Gasteiger partial charge is 0.493 e. The summed E-state index contributed by atoms with van der Waals surface area (Å²) in [5.74, 6) is -0.232. The second-order valence-electron chi connectivity index (χ2n) is 11.4. The van der Waals surface area contributed by atoms with Crippen molar-refractivity contribution in [1.29, 1.82) is 0 Å². The first-order valence-electron chi connectivity index (χ1n) is 15.6. The minimum absolute atomic E-state index is 0.0755. The van der Waals surface area contributed by atoms with Gasteiger partial charge in [0.2, 0.25) is 11.8 Å². The molecule has 0 bridgehead atoms. The number of ether oxygens (including phenoxy) is 2. The molecule has 0 spiro atoms. The average molecular weight is 658 g/mol. The van der Waals surface area contributed by atoms with Crippen LogP contribution < -0.4 is 19.1 Å². The normalized spacial score (nSPS) is 12.4. The molecule has 0 radical (unpaired) electrons. The van der Waals surface area contributed by atoms with Gasteiger partial charge in [-0.1, -0.05) is 85.3 Å². The molecule has 10 heteroatoms. The fourth-order valence-corrected chi connectivity index (χ4v) is 6.55. The number of sulfonamides is 1. The molecule has 0 unspecified atom stereocenters. The molecule has 0 aromatic heterocycles. The predicted molar refractivity (Wildman–Crippen MR) is 184 cm³/mol. The zero-order valence-corrected chi connectivity index (χ0v) is 28.4. The molecule has 0 aliphatic heterocycles. The maximum atomic E-state index is 14.6. The third-order valence-corrected chi connectivity index (χ3v) is 9.78. The molecule has 0 saturated heterocycles. The summed E-state index contributed by atoms with van der Waals surface area (Å²) < 4.78 is 40.5. The minimum atomic E-state index is -4.30. The Balaban J connectivity index is 1.81. The third-order valence-electron chi connectivity index (χ3n) is 8.01. The number of hydrogen-bond donors (Lipinski definition) is 1. The van der Waals surface area contributed by atoms with E-state index >= 15 is 0 Å². The molecule has 0 aliphatic carbocycles. The van der Waals surface area contributed by atoms with Crippen molar-refractivity contribution in [2.45, 2.75) is 57.1 Å². The van der Waals surface area contributed by atoms with E-state index in [1.165, 1.54) is 37.3 Å². The molecule has 0 aliphatic rings. The summed E-state index contributed by atoms with van der Waals surface area (Å²) in [5, 5.41) is 3.05. The Kier molecular flexibility index (Phi) is 12.0. The van der Waals surface area contributed by atoms with Crippen LogP contribution in [0.15, 0.2) is 108 Å². The molecule has 4 aromatic rings. The van der Waals surface area contributed by atoms with Crippen molar-refractivity contribution in [2.24, 2.45) is 0 Å². The van der Waals surface area contributed by atoms with E-state index in [0.717, 1.165) is 21.0 Å². The van der Waals surface area contributed by atoms with Gasteiger partial charge in [0.15, 0.2) is 11.5 Å². The highest BCUT2D eigenvalue weighted by atomic mass is 32.2. The lowest BCUT2D eigenvalue weighted by Gasteiger charge is -2.34. The second kappa shape index (κ2) is 16.1. The summed E-state index contributed by atoms with van der Waals surface area (Å²) in [6, 6.07) is 29.0. The summed E-state index contributed by atoms with van der Waals surface area (Å²) in [7, 11) is -1.41. The van der Waals surface area contributed by atoms with E-state index < -0.39 is 28.5 Å². The van der Waals surface area contributed by atoms with Crippen molar-refractivity contribution in [3.05, 3.63) is 120 Å². The van der Waals surface area contributed by atoms with E-state index in [-0.39, 0.29) is 35.6 Å². The van der Waals surface area contributed by atoms with Gasteiger partial charge in [-0.2, -0.15) is 0 Å². The van der Waals surface area contributed by atoms with Crippen LogP contribution >= 0.6 is 0 Å². The van der Waals surface area contributed by atoms with Crippen LogP contribution in [0.3, 0.4) is 0 Å². The van der Waals surface area contributed by atoms with Crippen LogP contribution in [-0.2, 0) is 32.6 Å². The van der Waals surface area contributed by atoms with Crippen molar-refractivity contribution in [3.8, 4) is 11.5 Å². The molecular weight excluding hydrogens is 614 g/mol. The van der Waals surface area contributed by atoms with E-state index in [1.54, 1.807) is 24.3 Å². The Labute approximate surface area is 278 Å². The van der Waals surface area contributed by atoms with Crippen LogP contribution in [0.25, 0.3) is 0 Å².